The molecule has 0 aliphatic heterocycles. The van der Waals surface area contributed by atoms with Gasteiger partial charge in [0.25, 0.3) is 11.5 Å². The molecule has 3 atom stereocenters. The predicted molar refractivity (Wildman–Crippen MR) is 148 cm³/mol. The number of rotatable bonds is 13. The second-order valence-corrected chi connectivity index (χ2v) is 10.2. The number of benzene rings is 2. The third-order valence-corrected chi connectivity index (χ3v) is 6.53. The van der Waals surface area contributed by atoms with Crippen LogP contribution in [0.4, 0.5) is 0 Å². The van der Waals surface area contributed by atoms with Gasteiger partial charge in [-0.3, -0.25) is 19.4 Å². The molecule has 0 saturated heterocycles. The third kappa shape index (κ3) is 9.07. The number of aryl methyl sites for hydroxylation is 1. The number of aromatic amines is 1. The van der Waals surface area contributed by atoms with E-state index in [4.69, 9.17) is 26.8 Å². The highest BCUT2D eigenvalue weighted by Crippen LogP contribution is 2.23. The van der Waals surface area contributed by atoms with Crippen LogP contribution in [0.1, 0.15) is 36.3 Å². The molecule has 3 aromatic rings. The lowest BCUT2D eigenvalue weighted by Gasteiger charge is -2.21. The van der Waals surface area contributed by atoms with Crippen LogP contribution >= 0.6 is 11.6 Å². The standard InChI is InChI=1S/C28H35ClN4O6/c1-17(2)23(30)15-38-16-39-28(37)25(34)13-22(31-27(36)24-14-26(35)33(3)32-24)11-18-7-9-19(10-8-18)20-5-4-6-21(29)12-20/h4-10,12,14,17,22-23,25,32,34H,11,13,15-16,30H2,1-3H3,(H,31,36)/t22-,23-,25-/m1/s1. The minimum absolute atomic E-state index is 0.0655. The van der Waals surface area contributed by atoms with Gasteiger partial charge in [-0.1, -0.05) is 61.8 Å². The number of hydrogen-bond donors (Lipinski definition) is 4. The van der Waals surface area contributed by atoms with Crippen LogP contribution in [0.15, 0.2) is 59.4 Å². The van der Waals surface area contributed by atoms with Crippen molar-refractivity contribution in [1.82, 2.24) is 15.1 Å². The lowest BCUT2D eigenvalue weighted by atomic mass is 9.97. The van der Waals surface area contributed by atoms with E-state index in [2.05, 4.69) is 10.4 Å². The minimum Gasteiger partial charge on any atom is -0.437 e. The topological polar surface area (TPSA) is 149 Å². The van der Waals surface area contributed by atoms with Gasteiger partial charge in [0.15, 0.2) is 12.9 Å². The van der Waals surface area contributed by atoms with E-state index in [1.165, 1.54) is 17.8 Å². The SMILES string of the molecule is CC(C)[C@H](N)COCOC(=O)[C@H](O)C[C@@H](Cc1ccc(-c2cccc(Cl)c2)cc1)NC(=O)c1cc(=O)n(C)[nH]1. The Morgan fingerprint density at radius 1 is 1.13 bits per heavy atom. The Morgan fingerprint density at radius 2 is 1.85 bits per heavy atom. The van der Waals surface area contributed by atoms with Crippen LogP contribution < -0.4 is 16.6 Å². The molecule has 0 fully saturated rings. The number of esters is 1. The fourth-order valence-corrected chi connectivity index (χ4v) is 3.98. The second kappa shape index (κ2) is 14.1. The van der Waals surface area contributed by atoms with Gasteiger partial charge in [-0.2, -0.15) is 0 Å². The molecule has 5 N–H and O–H groups in total. The Bertz CT molecular complexity index is 1300. The minimum atomic E-state index is -1.52. The molecule has 2 aromatic carbocycles. The summed E-state index contributed by atoms with van der Waals surface area (Å²) in [6.45, 7) is 3.77. The molecule has 1 heterocycles. The van der Waals surface area contributed by atoms with Crippen LogP contribution in [0.25, 0.3) is 11.1 Å². The summed E-state index contributed by atoms with van der Waals surface area (Å²) in [5, 5.41) is 16.6. The van der Waals surface area contributed by atoms with Crippen molar-refractivity contribution in [2.24, 2.45) is 18.7 Å². The summed E-state index contributed by atoms with van der Waals surface area (Å²) >= 11 is 6.11. The first-order valence-electron chi connectivity index (χ1n) is 12.6. The molecule has 0 aliphatic carbocycles. The number of H-pyrrole nitrogens is 1. The number of halogens is 1. The van der Waals surface area contributed by atoms with E-state index in [0.717, 1.165) is 16.7 Å². The lowest BCUT2D eigenvalue weighted by Crippen LogP contribution is -2.41. The fraction of sp³-hybridized carbons (Fsp3) is 0.393. The molecule has 0 aliphatic rings. The molecule has 1 aromatic heterocycles. The molecule has 39 heavy (non-hydrogen) atoms. The molecule has 3 rings (SSSR count). The Morgan fingerprint density at radius 3 is 2.46 bits per heavy atom. The number of carbonyl (C=O) groups is 2. The molecule has 0 spiro atoms. The van der Waals surface area contributed by atoms with Crippen molar-refractivity contribution < 1.29 is 24.2 Å². The van der Waals surface area contributed by atoms with Crippen LogP contribution in [0.5, 0.6) is 0 Å². The van der Waals surface area contributed by atoms with Gasteiger partial charge >= 0.3 is 5.97 Å². The molecule has 210 valence electrons. The second-order valence-electron chi connectivity index (χ2n) is 9.76. The van der Waals surface area contributed by atoms with Gasteiger partial charge in [-0.05, 0) is 41.2 Å². The van der Waals surface area contributed by atoms with Crippen molar-refractivity contribution in [2.45, 2.75) is 44.9 Å². The largest absolute Gasteiger partial charge is 0.437 e. The summed E-state index contributed by atoms with van der Waals surface area (Å²) in [6.07, 6.45) is -1.33. The summed E-state index contributed by atoms with van der Waals surface area (Å²) in [7, 11) is 1.49. The summed E-state index contributed by atoms with van der Waals surface area (Å²) in [5.74, 6) is -1.22. The van der Waals surface area contributed by atoms with E-state index < -0.39 is 24.0 Å². The molecule has 0 bridgehead atoms. The average Bonchev–Trinajstić information content (AvgIpc) is 3.24. The maximum absolute atomic E-state index is 12.8. The van der Waals surface area contributed by atoms with Crippen molar-refractivity contribution in [3.8, 4) is 11.1 Å². The third-order valence-electron chi connectivity index (χ3n) is 6.29. The quantitative estimate of drug-likeness (QED) is 0.143. The first-order chi connectivity index (χ1) is 18.5. The summed E-state index contributed by atoms with van der Waals surface area (Å²) in [6, 6.07) is 15.5. The van der Waals surface area contributed by atoms with Crippen LogP contribution in [0.3, 0.4) is 0 Å². The maximum atomic E-state index is 12.8. The number of nitrogens with two attached hydrogens (primary N) is 1. The van der Waals surface area contributed by atoms with Crippen molar-refractivity contribution in [3.63, 3.8) is 0 Å². The van der Waals surface area contributed by atoms with Gasteiger partial charge in [0, 0.05) is 36.6 Å². The van der Waals surface area contributed by atoms with Gasteiger partial charge < -0.3 is 25.6 Å². The highest BCUT2D eigenvalue weighted by molar-refractivity contribution is 6.30. The van der Waals surface area contributed by atoms with E-state index in [0.29, 0.717) is 11.4 Å². The summed E-state index contributed by atoms with van der Waals surface area (Å²) in [5.41, 5.74) is 8.38. The van der Waals surface area contributed by atoms with E-state index in [1.807, 2.05) is 56.3 Å². The van der Waals surface area contributed by atoms with Crippen LogP contribution in [-0.4, -0.2) is 58.4 Å². The zero-order valence-corrected chi connectivity index (χ0v) is 23.0. The van der Waals surface area contributed by atoms with Gasteiger partial charge in [0.05, 0.1) is 6.61 Å². The molecule has 0 saturated carbocycles. The van der Waals surface area contributed by atoms with Gasteiger partial charge in [-0.25, -0.2) is 4.79 Å². The first-order valence-corrected chi connectivity index (χ1v) is 13.0. The molecule has 10 nitrogen and oxygen atoms in total. The number of aliphatic hydroxyl groups excluding tert-OH is 1. The normalized spacial score (nSPS) is 13.6. The molecule has 0 unspecified atom stereocenters. The van der Waals surface area contributed by atoms with Crippen LogP contribution in [0, 0.1) is 5.92 Å². The van der Waals surface area contributed by atoms with Gasteiger partial charge in [0.1, 0.15) is 5.69 Å². The predicted octanol–water partition coefficient (Wildman–Crippen LogP) is 2.63. The van der Waals surface area contributed by atoms with E-state index in [9.17, 15) is 19.5 Å². The molecular formula is C28H35ClN4O6. The van der Waals surface area contributed by atoms with Crippen molar-refractivity contribution in [1.29, 1.82) is 0 Å². The maximum Gasteiger partial charge on any atom is 0.337 e. The van der Waals surface area contributed by atoms with Crippen LogP contribution in [0.2, 0.25) is 5.02 Å². The summed E-state index contributed by atoms with van der Waals surface area (Å²) in [4.78, 5) is 37.0. The number of hydrogen-bond acceptors (Lipinski definition) is 7. The average molecular weight is 559 g/mol. The number of aromatic nitrogens is 2. The zero-order chi connectivity index (χ0) is 28.5. The Labute approximate surface area is 232 Å². The number of ether oxygens (including phenoxy) is 2. The Kier molecular flexibility index (Phi) is 10.9. The highest BCUT2D eigenvalue weighted by Gasteiger charge is 2.25. The number of nitrogens with one attached hydrogen (secondary N) is 2. The van der Waals surface area contributed by atoms with Crippen molar-refractivity contribution >= 4 is 23.5 Å². The number of amides is 1. The first kappa shape index (κ1) is 30.1. The summed E-state index contributed by atoms with van der Waals surface area (Å²) < 4.78 is 11.5. The molecular weight excluding hydrogens is 524 g/mol. The van der Waals surface area contributed by atoms with Crippen molar-refractivity contribution in [2.75, 3.05) is 13.4 Å². The number of carbonyl (C=O) groups excluding carboxylic acids is 2. The van der Waals surface area contributed by atoms with Gasteiger partial charge in [-0.15, -0.1) is 0 Å². The fourth-order valence-electron chi connectivity index (χ4n) is 3.79. The monoisotopic (exact) mass is 558 g/mol. The molecule has 1 amide bonds. The van der Waals surface area contributed by atoms with E-state index >= 15 is 0 Å². The Hall–Kier alpha value is -3.44. The van der Waals surface area contributed by atoms with Gasteiger partial charge in [0.2, 0.25) is 0 Å². The Balaban J connectivity index is 1.67. The number of aliphatic hydroxyl groups is 1. The lowest BCUT2D eigenvalue weighted by molar-refractivity contribution is -0.167. The smallest absolute Gasteiger partial charge is 0.337 e. The van der Waals surface area contributed by atoms with Crippen LogP contribution in [-0.2, 0) is 27.7 Å². The van der Waals surface area contributed by atoms with Crippen molar-refractivity contribution in [3.05, 3.63) is 81.2 Å². The molecule has 0 radical (unpaired) electrons. The van der Waals surface area contributed by atoms with E-state index in [1.54, 1.807) is 6.07 Å². The molecule has 11 heteroatoms. The zero-order valence-electron chi connectivity index (χ0n) is 22.2. The number of nitrogens with zero attached hydrogens (tertiary/aromatic N) is 1. The highest BCUT2D eigenvalue weighted by atomic mass is 35.5. The van der Waals surface area contributed by atoms with E-state index in [-0.39, 0.29) is 43.0 Å².